The Morgan fingerprint density at radius 1 is 0.451 bits per heavy atom. The molecule has 102 heavy (non-hydrogen) atoms. The summed E-state index contributed by atoms with van der Waals surface area (Å²) in [5.74, 6) is -2.30. The van der Waals surface area contributed by atoms with E-state index in [1.165, 1.54) is 161 Å². The largest absolute Gasteiger partial charge is 0.474 e. The van der Waals surface area contributed by atoms with Crippen molar-refractivity contribution < 1.29 is 121 Å². The molecule has 17 atom stereocenters. The van der Waals surface area contributed by atoms with Gasteiger partial charge in [0, 0.05) is 52.8 Å². The minimum atomic E-state index is -4.24. The van der Waals surface area contributed by atoms with E-state index in [2.05, 4.69) is 29.8 Å². The van der Waals surface area contributed by atoms with Crippen LogP contribution in [0.25, 0.3) is 0 Å². The lowest BCUT2D eigenvalue weighted by Crippen LogP contribution is -2.68. The Kier molecular flexibility index (Phi) is 52.1. The van der Waals surface area contributed by atoms with Crippen LogP contribution in [0.5, 0.6) is 0 Å². The first-order valence-electron chi connectivity index (χ1n) is 39.0. The third-order valence-corrected chi connectivity index (χ3v) is 20.3. The van der Waals surface area contributed by atoms with Crippen molar-refractivity contribution in [3.05, 3.63) is 0 Å². The number of hydrogen-bond acceptors (Lipinski definition) is 25. The molecule has 0 radical (unpaired) electrons. The van der Waals surface area contributed by atoms with Gasteiger partial charge in [0.1, 0.15) is 73.7 Å². The van der Waals surface area contributed by atoms with E-state index in [1.807, 2.05) is 0 Å². The zero-order valence-electron chi connectivity index (χ0n) is 62.4. The quantitative estimate of drug-likeness (QED) is 0.0155. The lowest BCUT2D eigenvalue weighted by molar-refractivity contribution is -0.385. The third kappa shape index (κ3) is 39.7. The van der Waals surface area contributed by atoms with Gasteiger partial charge in [-0.05, 0) is 39.0 Å². The molecule has 0 bridgehead atoms. The van der Waals surface area contributed by atoms with Crippen molar-refractivity contribution in [2.75, 3.05) is 59.8 Å². The first-order valence-corrected chi connectivity index (χ1v) is 40.5. The summed E-state index contributed by atoms with van der Waals surface area (Å²) >= 11 is 0. The standard InChI is InChI=1S/C73H136N3O25P/c1-6-8-10-12-14-16-18-20-22-23-25-27-29-31-33-35-37-44-61(83)97-55(51-93-60(82)43-36-34-32-30-28-26-24-21-19-17-15-13-11-9-7-2)52-95-102(90,91-5)94-48-46-75-59(81)42-39-38-41-58(80)74-45-40-47-92-73-70(101-72-68(89)67(88)63(84)53(3)96-72)69(65(86)57(50-78)99-73)100-71-62(76-54(4)79)66(87)64(85)56(49-77)98-71/h53,55-57,62-73,77-78,84-89H,6-52H2,1-5H3,(H,74,80)(H,75,81)(H,76,79)/t53?,55-,56?,57?,62+,63-,64+,65+,66?,67+,68?,69?,70+,71+,72+,73-,102?/m1/s1. The molecular weight excluding hydrogens is 1350 g/mol. The number of rotatable bonds is 62. The van der Waals surface area contributed by atoms with Crippen molar-refractivity contribution in [1.82, 2.24) is 16.0 Å². The molecule has 3 saturated heterocycles. The SMILES string of the molecule is CCCCCCCCCCCCCCCCCCCC(=O)O[C@H](COC(=O)CCCCCCCCCCCCCCCCC)COP(=O)(OC)OCCNC(=O)CCCCC(=O)NCCCO[C@@H]1OC(CO)[C@H](O)C(O[C@@H]2OC(CO)[C@H](O)C(O)[C@@H]2NC(C)=O)[C@@H]1O[C@@H]1OC(C)[C@@H](O)[C@H](O)C1O. The second-order valence-corrected chi connectivity index (χ2v) is 29.6. The van der Waals surface area contributed by atoms with Gasteiger partial charge >= 0.3 is 19.8 Å². The highest BCUT2D eigenvalue weighted by Crippen LogP contribution is 2.48. The van der Waals surface area contributed by atoms with Gasteiger partial charge in [-0.25, -0.2) is 4.57 Å². The Labute approximate surface area is 608 Å². The number of aliphatic hydroxyl groups is 8. The van der Waals surface area contributed by atoms with Crippen LogP contribution >= 0.6 is 7.82 Å². The van der Waals surface area contributed by atoms with Gasteiger partial charge < -0.3 is 94.7 Å². The Hall–Kier alpha value is -3.10. The van der Waals surface area contributed by atoms with Crippen LogP contribution in [0.1, 0.15) is 278 Å². The molecule has 0 aromatic heterocycles. The summed E-state index contributed by atoms with van der Waals surface area (Å²) in [6.07, 6.45) is 16.4. The maximum atomic E-state index is 13.6. The van der Waals surface area contributed by atoms with Crippen LogP contribution in [-0.2, 0) is 80.0 Å². The van der Waals surface area contributed by atoms with E-state index in [1.54, 1.807) is 0 Å². The molecule has 0 spiro atoms. The van der Waals surface area contributed by atoms with Gasteiger partial charge in [0.2, 0.25) is 17.7 Å². The van der Waals surface area contributed by atoms with Gasteiger partial charge in [-0.3, -0.25) is 37.5 Å². The maximum absolute atomic E-state index is 13.6. The molecule has 3 heterocycles. The van der Waals surface area contributed by atoms with Gasteiger partial charge in [0.25, 0.3) is 0 Å². The Morgan fingerprint density at radius 2 is 0.892 bits per heavy atom. The summed E-state index contributed by atoms with van der Waals surface area (Å²) in [6, 6.07) is -1.49. The summed E-state index contributed by atoms with van der Waals surface area (Å²) in [4.78, 5) is 63.8. The van der Waals surface area contributed by atoms with Crippen molar-refractivity contribution in [1.29, 1.82) is 0 Å². The van der Waals surface area contributed by atoms with Gasteiger partial charge in [-0.2, -0.15) is 0 Å². The smallest absolute Gasteiger partial charge is 0.462 e. The fourth-order valence-corrected chi connectivity index (χ4v) is 13.6. The second kappa shape index (κ2) is 57.1. The number of aliphatic hydroxyl groups excluding tert-OH is 8. The lowest BCUT2D eigenvalue weighted by atomic mass is 9.95. The molecule has 0 aromatic carbocycles. The molecule has 3 amide bonds. The van der Waals surface area contributed by atoms with Crippen LogP contribution < -0.4 is 16.0 Å². The minimum Gasteiger partial charge on any atom is -0.462 e. The van der Waals surface area contributed by atoms with Crippen LogP contribution in [-0.4, -0.2) is 229 Å². The predicted octanol–water partition coefficient (Wildman–Crippen LogP) is 8.35. The van der Waals surface area contributed by atoms with Crippen LogP contribution in [0.4, 0.5) is 0 Å². The Bertz CT molecular complexity index is 2230. The average molecular weight is 1490 g/mol. The van der Waals surface area contributed by atoms with E-state index < -0.39 is 144 Å². The van der Waals surface area contributed by atoms with Crippen LogP contribution in [0.2, 0.25) is 0 Å². The van der Waals surface area contributed by atoms with Crippen molar-refractivity contribution in [3.8, 4) is 0 Å². The number of phosphoric acid groups is 1. The first-order chi connectivity index (χ1) is 49.2. The fraction of sp³-hybridized carbons (Fsp3) is 0.932. The molecule has 0 aromatic rings. The Morgan fingerprint density at radius 3 is 1.37 bits per heavy atom. The third-order valence-electron chi connectivity index (χ3n) is 18.9. The van der Waals surface area contributed by atoms with Crippen LogP contribution in [0.3, 0.4) is 0 Å². The van der Waals surface area contributed by atoms with Crippen LogP contribution in [0, 0.1) is 0 Å². The minimum absolute atomic E-state index is 0.0514. The van der Waals surface area contributed by atoms with Crippen molar-refractivity contribution in [3.63, 3.8) is 0 Å². The number of hydrogen-bond donors (Lipinski definition) is 11. The van der Waals surface area contributed by atoms with Gasteiger partial charge in [-0.1, -0.05) is 206 Å². The van der Waals surface area contributed by atoms with E-state index in [4.69, 9.17) is 51.5 Å². The van der Waals surface area contributed by atoms with Gasteiger partial charge in [0.05, 0.1) is 39.1 Å². The monoisotopic (exact) mass is 1490 g/mol. The molecule has 28 nitrogen and oxygen atoms in total. The summed E-state index contributed by atoms with van der Waals surface area (Å²) in [6.45, 7) is 4.24. The first kappa shape index (κ1) is 93.1. The summed E-state index contributed by atoms with van der Waals surface area (Å²) < 4.78 is 76.5. The number of nitrogens with one attached hydrogen (secondary N) is 3. The predicted molar refractivity (Wildman–Crippen MR) is 380 cm³/mol. The highest BCUT2D eigenvalue weighted by Gasteiger charge is 2.55. The summed E-state index contributed by atoms with van der Waals surface area (Å²) in [7, 11) is -3.11. The molecule has 0 aliphatic carbocycles. The molecule has 0 saturated carbocycles. The molecule has 29 heteroatoms. The molecule has 11 N–H and O–H groups in total. The zero-order chi connectivity index (χ0) is 74.8. The molecule has 3 rings (SSSR count). The number of carbonyl (C=O) groups excluding carboxylic acids is 5. The number of unbranched alkanes of at least 4 members (excludes halogenated alkanes) is 31. The van der Waals surface area contributed by atoms with Crippen molar-refractivity contribution in [2.24, 2.45) is 0 Å². The molecule has 3 aliphatic heterocycles. The highest BCUT2D eigenvalue weighted by atomic mass is 31.2. The average Bonchev–Trinajstić information content (AvgIpc) is 0.773. The molecule has 3 fully saturated rings. The normalized spacial score (nSPS) is 26.1. The number of esters is 2. The number of phosphoric ester groups is 1. The number of carbonyl (C=O) groups is 5. The Balaban J connectivity index is 1.42. The maximum Gasteiger partial charge on any atom is 0.474 e. The molecule has 7 unspecified atom stereocenters. The fourth-order valence-electron chi connectivity index (χ4n) is 12.7. The zero-order valence-corrected chi connectivity index (χ0v) is 63.3. The van der Waals surface area contributed by atoms with Crippen molar-refractivity contribution in [2.45, 2.75) is 376 Å². The molecule has 3 aliphatic rings. The van der Waals surface area contributed by atoms with E-state index in [0.29, 0.717) is 25.7 Å². The van der Waals surface area contributed by atoms with E-state index >= 15 is 0 Å². The second-order valence-electron chi connectivity index (χ2n) is 27.8. The highest BCUT2D eigenvalue weighted by molar-refractivity contribution is 7.48. The topological polar surface area (TPSA) is 402 Å². The van der Waals surface area contributed by atoms with Gasteiger partial charge in [-0.15, -0.1) is 0 Å². The number of ether oxygens (including phenoxy) is 8. The number of amides is 3. The summed E-state index contributed by atoms with van der Waals surface area (Å²) in [5.41, 5.74) is 0. The van der Waals surface area contributed by atoms with Gasteiger partial charge in [0.15, 0.2) is 25.0 Å². The lowest BCUT2D eigenvalue weighted by Gasteiger charge is -2.49. The van der Waals surface area contributed by atoms with Crippen molar-refractivity contribution >= 4 is 37.5 Å². The van der Waals surface area contributed by atoms with Crippen LogP contribution in [0.15, 0.2) is 0 Å². The molecular formula is C73H136N3O25P. The molecule has 598 valence electrons. The summed E-state index contributed by atoms with van der Waals surface area (Å²) in [5, 5.41) is 93.0. The van der Waals surface area contributed by atoms with E-state index in [9.17, 15) is 69.4 Å². The van der Waals surface area contributed by atoms with E-state index in [-0.39, 0.29) is 76.8 Å². The van der Waals surface area contributed by atoms with E-state index in [0.717, 1.165) is 52.6 Å².